The molecule has 2 unspecified atom stereocenters. The second-order valence-electron chi connectivity index (χ2n) is 6.73. The maximum Gasteiger partial charge on any atom is 0.240 e. The molecule has 2 aliphatic rings. The van der Waals surface area contributed by atoms with E-state index >= 15 is 0 Å². The van der Waals surface area contributed by atoms with Crippen molar-refractivity contribution in [2.75, 3.05) is 26.2 Å². The number of carbonyl (C=O) groups is 1. The summed E-state index contributed by atoms with van der Waals surface area (Å²) < 4.78 is 32.6. The summed E-state index contributed by atoms with van der Waals surface area (Å²) in [5.74, 6) is 0.669. The third-order valence-corrected chi connectivity index (χ3v) is 6.50. The second-order valence-corrected chi connectivity index (χ2v) is 8.50. The number of hydrogen-bond donors (Lipinski definition) is 2. The molecule has 0 aliphatic carbocycles. The van der Waals surface area contributed by atoms with Gasteiger partial charge in [0.25, 0.3) is 0 Å². The third-order valence-electron chi connectivity index (χ3n) is 5.02. The average Bonchev–Trinajstić information content (AvgIpc) is 2.88. The molecule has 2 saturated heterocycles. The minimum absolute atomic E-state index is 0.0376. The van der Waals surface area contributed by atoms with Crippen molar-refractivity contribution in [2.24, 2.45) is 0 Å². The number of nitrogens with one attached hydrogen (secondary N) is 2. The molecule has 1 amide bonds. The summed E-state index contributed by atoms with van der Waals surface area (Å²) in [6, 6.07) is 6.82. The molecule has 0 spiro atoms. The van der Waals surface area contributed by atoms with Crippen LogP contribution >= 0.6 is 0 Å². The first-order chi connectivity index (χ1) is 12.5. The first-order valence-corrected chi connectivity index (χ1v) is 10.7. The van der Waals surface area contributed by atoms with Crippen LogP contribution in [0, 0.1) is 0 Å². The van der Waals surface area contributed by atoms with Gasteiger partial charge in [-0.2, -0.15) is 0 Å². The quantitative estimate of drug-likeness (QED) is 0.739. The van der Waals surface area contributed by atoms with Crippen LogP contribution in [0.25, 0.3) is 0 Å². The van der Waals surface area contributed by atoms with Gasteiger partial charge in [-0.25, -0.2) is 13.1 Å². The van der Waals surface area contributed by atoms with Gasteiger partial charge in [-0.1, -0.05) is 0 Å². The Labute approximate surface area is 155 Å². The minimum atomic E-state index is -3.63. The minimum Gasteiger partial charge on any atom is -0.494 e. The van der Waals surface area contributed by atoms with E-state index < -0.39 is 10.0 Å². The molecule has 2 bridgehead atoms. The van der Waals surface area contributed by atoms with Crippen LogP contribution in [0.5, 0.6) is 5.75 Å². The van der Waals surface area contributed by atoms with Crippen molar-refractivity contribution in [3.63, 3.8) is 0 Å². The zero-order valence-corrected chi connectivity index (χ0v) is 15.9. The Morgan fingerprint density at radius 1 is 1.23 bits per heavy atom. The number of hydrogen-bond acceptors (Lipinski definition) is 5. The van der Waals surface area contributed by atoms with Crippen molar-refractivity contribution in [2.45, 2.75) is 49.6 Å². The van der Waals surface area contributed by atoms with E-state index in [0.717, 1.165) is 32.4 Å². The molecule has 7 nitrogen and oxygen atoms in total. The summed E-state index contributed by atoms with van der Waals surface area (Å²) in [6.07, 6.45) is 3.24. The smallest absolute Gasteiger partial charge is 0.240 e. The molecule has 0 saturated carbocycles. The van der Waals surface area contributed by atoms with Crippen molar-refractivity contribution in [3.8, 4) is 5.75 Å². The second kappa shape index (κ2) is 8.37. The van der Waals surface area contributed by atoms with Crippen molar-refractivity contribution in [1.29, 1.82) is 0 Å². The third kappa shape index (κ3) is 4.36. The van der Waals surface area contributed by atoms with Crippen molar-refractivity contribution in [1.82, 2.24) is 14.9 Å². The van der Waals surface area contributed by atoms with Gasteiger partial charge in [0.05, 0.1) is 11.5 Å². The number of fused-ring (bicyclic) bond motifs is 2. The largest absolute Gasteiger partial charge is 0.494 e. The molecule has 2 N–H and O–H groups in total. The van der Waals surface area contributed by atoms with E-state index in [2.05, 4.69) is 10.0 Å². The van der Waals surface area contributed by atoms with Gasteiger partial charge in [0.1, 0.15) is 5.75 Å². The van der Waals surface area contributed by atoms with Crippen LogP contribution in [0.15, 0.2) is 29.2 Å². The molecule has 0 radical (unpaired) electrons. The maximum atomic E-state index is 12.6. The molecule has 8 heteroatoms. The Morgan fingerprint density at radius 3 is 2.69 bits per heavy atom. The lowest BCUT2D eigenvalue weighted by atomic mass is 10.1. The van der Waals surface area contributed by atoms with Gasteiger partial charge < -0.3 is 15.0 Å². The van der Waals surface area contributed by atoms with E-state index in [1.165, 1.54) is 12.1 Å². The lowest BCUT2D eigenvalue weighted by Gasteiger charge is -2.28. The Kier molecular flexibility index (Phi) is 6.16. The van der Waals surface area contributed by atoms with Crippen LogP contribution in [0.3, 0.4) is 0 Å². The molecular weight excluding hydrogens is 354 g/mol. The fraction of sp³-hybridized carbons (Fsp3) is 0.611. The van der Waals surface area contributed by atoms with Gasteiger partial charge in [0, 0.05) is 31.6 Å². The lowest BCUT2D eigenvalue weighted by Crippen LogP contribution is -2.43. The van der Waals surface area contributed by atoms with Crippen LogP contribution in [0.1, 0.15) is 32.6 Å². The molecular formula is C18H27N3O4S. The topological polar surface area (TPSA) is 87.7 Å². The molecule has 26 heavy (non-hydrogen) atoms. The van der Waals surface area contributed by atoms with Gasteiger partial charge in [-0.05, 0) is 57.0 Å². The highest BCUT2D eigenvalue weighted by atomic mass is 32.2. The van der Waals surface area contributed by atoms with E-state index in [0.29, 0.717) is 18.4 Å². The number of carbonyl (C=O) groups excluding carboxylic acids is 1. The summed E-state index contributed by atoms with van der Waals surface area (Å²) in [4.78, 5) is 14.7. The van der Waals surface area contributed by atoms with Crippen LogP contribution in [-0.4, -0.2) is 57.5 Å². The number of sulfonamides is 1. The summed E-state index contributed by atoms with van der Waals surface area (Å²) in [5.41, 5.74) is 0. The summed E-state index contributed by atoms with van der Waals surface area (Å²) >= 11 is 0. The van der Waals surface area contributed by atoms with E-state index in [1.54, 1.807) is 12.1 Å². The highest BCUT2D eigenvalue weighted by molar-refractivity contribution is 7.89. The first-order valence-electron chi connectivity index (χ1n) is 9.25. The Balaban J connectivity index is 1.54. The highest BCUT2D eigenvalue weighted by Gasteiger charge is 2.37. The predicted molar refractivity (Wildman–Crippen MR) is 98.6 cm³/mol. The van der Waals surface area contributed by atoms with Crippen LogP contribution in [0.4, 0.5) is 0 Å². The van der Waals surface area contributed by atoms with Gasteiger partial charge in [-0.15, -0.1) is 0 Å². The summed E-state index contributed by atoms with van der Waals surface area (Å²) in [5, 5.41) is 3.36. The van der Waals surface area contributed by atoms with E-state index in [-0.39, 0.29) is 29.8 Å². The van der Waals surface area contributed by atoms with Crippen LogP contribution in [-0.2, 0) is 14.8 Å². The Bertz CT molecular complexity index is 706. The summed E-state index contributed by atoms with van der Waals surface area (Å²) in [6.45, 7) is 4.28. The van der Waals surface area contributed by atoms with Crippen molar-refractivity contribution < 1.29 is 17.9 Å². The fourth-order valence-electron chi connectivity index (χ4n) is 3.78. The molecule has 2 atom stereocenters. The van der Waals surface area contributed by atoms with E-state index in [4.69, 9.17) is 4.74 Å². The summed E-state index contributed by atoms with van der Waals surface area (Å²) in [7, 11) is -3.63. The molecule has 1 aromatic carbocycles. The van der Waals surface area contributed by atoms with Crippen molar-refractivity contribution >= 4 is 15.9 Å². The number of amides is 1. The van der Waals surface area contributed by atoms with Gasteiger partial charge in [0.15, 0.2) is 0 Å². The van der Waals surface area contributed by atoms with Gasteiger partial charge in [0.2, 0.25) is 15.9 Å². The normalized spacial score (nSPS) is 22.9. The van der Waals surface area contributed by atoms with Crippen LogP contribution < -0.4 is 14.8 Å². The molecule has 2 aliphatic heterocycles. The average molecular weight is 381 g/mol. The monoisotopic (exact) mass is 381 g/mol. The molecule has 0 aromatic heterocycles. The van der Waals surface area contributed by atoms with E-state index in [1.807, 2.05) is 11.8 Å². The number of rotatable bonds is 7. The highest BCUT2D eigenvalue weighted by Crippen LogP contribution is 2.28. The molecule has 2 heterocycles. The van der Waals surface area contributed by atoms with Crippen molar-refractivity contribution in [3.05, 3.63) is 24.3 Å². The molecule has 144 valence electrons. The van der Waals surface area contributed by atoms with Gasteiger partial charge >= 0.3 is 0 Å². The fourth-order valence-corrected chi connectivity index (χ4v) is 4.81. The lowest BCUT2D eigenvalue weighted by molar-refractivity contribution is -0.133. The standard InChI is InChI=1S/C18H27N3O4S/c1-2-25-16-5-7-17(8-6-16)26(23,24)20-12-10-18(22)21-14-3-4-15(21)13-19-11-9-14/h5-8,14-15,19-20H,2-4,9-13H2,1H3. The SMILES string of the molecule is CCOc1ccc(S(=O)(=O)NCCC(=O)N2C3CCNCC2CC3)cc1. The Hall–Kier alpha value is -1.64. The zero-order valence-electron chi connectivity index (χ0n) is 15.1. The molecule has 3 rings (SSSR count). The number of nitrogens with zero attached hydrogens (tertiary/aromatic N) is 1. The number of benzene rings is 1. The zero-order chi connectivity index (χ0) is 18.6. The predicted octanol–water partition coefficient (Wildman–Crippen LogP) is 1.11. The maximum absolute atomic E-state index is 12.6. The Morgan fingerprint density at radius 2 is 1.96 bits per heavy atom. The molecule has 2 fully saturated rings. The van der Waals surface area contributed by atoms with Crippen LogP contribution in [0.2, 0.25) is 0 Å². The van der Waals surface area contributed by atoms with Gasteiger partial charge in [-0.3, -0.25) is 4.79 Å². The number of ether oxygens (including phenoxy) is 1. The first kappa shape index (κ1) is 19.1. The van der Waals surface area contributed by atoms with E-state index in [9.17, 15) is 13.2 Å². The molecule has 1 aromatic rings.